The lowest BCUT2D eigenvalue weighted by atomic mass is 10.1. The summed E-state index contributed by atoms with van der Waals surface area (Å²) in [6.07, 6.45) is 2.27. The van der Waals surface area contributed by atoms with Gasteiger partial charge in [0.1, 0.15) is 5.25 Å². The van der Waals surface area contributed by atoms with Crippen molar-refractivity contribution in [3.63, 3.8) is 0 Å². The van der Waals surface area contributed by atoms with Gasteiger partial charge in [0.25, 0.3) is 0 Å². The van der Waals surface area contributed by atoms with E-state index in [1.54, 1.807) is 6.07 Å². The summed E-state index contributed by atoms with van der Waals surface area (Å²) in [5.74, 6) is 0. The monoisotopic (exact) mass is 345 g/mol. The molecule has 1 atom stereocenters. The van der Waals surface area contributed by atoms with E-state index in [0.717, 1.165) is 18.5 Å². The third kappa shape index (κ3) is 2.46. The molecule has 6 heteroatoms. The highest BCUT2D eigenvalue weighted by molar-refractivity contribution is 9.10. The molecule has 2 aliphatic rings. The van der Waals surface area contributed by atoms with Gasteiger partial charge in [0.15, 0.2) is 9.84 Å². The molecule has 3 rings (SSSR count). The largest absolute Gasteiger partial charge is 0.379 e. The molecule has 0 aromatic heterocycles. The summed E-state index contributed by atoms with van der Waals surface area (Å²) in [6.45, 7) is 1.64. The maximum Gasteiger partial charge on any atom is 0.186 e. The Kier molecular flexibility index (Phi) is 3.68. The topological polar surface area (TPSA) is 55.4 Å². The van der Waals surface area contributed by atoms with Crippen molar-refractivity contribution in [3.8, 4) is 0 Å². The van der Waals surface area contributed by atoms with Gasteiger partial charge in [-0.1, -0.05) is 6.07 Å². The first kappa shape index (κ1) is 13.5. The summed E-state index contributed by atoms with van der Waals surface area (Å²) in [5.41, 5.74) is 1.15. The Morgan fingerprint density at radius 3 is 2.63 bits per heavy atom. The number of ether oxygens (including phenoxy) is 1. The molecule has 104 valence electrons. The lowest BCUT2D eigenvalue weighted by molar-refractivity contribution is 0.0416. The third-order valence-electron chi connectivity index (χ3n) is 3.77. The van der Waals surface area contributed by atoms with E-state index in [9.17, 15) is 8.42 Å². The fourth-order valence-electron chi connectivity index (χ4n) is 2.51. The Hall–Kier alpha value is -0.430. The molecule has 2 fully saturated rings. The third-order valence-corrected chi connectivity index (χ3v) is 6.81. The number of hydrogen-bond acceptors (Lipinski definition) is 4. The van der Waals surface area contributed by atoms with Crippen LogP contribution in [0.15, 0.2) is 27.6 Å². The van der Waals surface area contributed by atoms with Crippen LogP contribution in [0.3, 0.4) is 0 Å². The summed E-state index contributed by atoms with van der Waals surface area (Å²) >= 11 is 3.40. The minimum Gasteiger partial charge on any atom is -0.379 e. The molecule has 1 N–H and O–H groups in total. The van der Waals surface area contributed by atoms with Crippen LogP contribution in [0.2, 0.25) is 0 Å². The van der Waals surface area contributed by atoms with E-state index < -0.39 is 9.84 Å². The van der Waals surface area contributed by atoms with E-state index in [2.05, 4.69) is 21.2 Å². The lowest BCUT2D eigenvalue weighted by Gasteiger charge is -2.26. The molecule has 0 radical (unpaired) electrons. The zero-order valence-electron chi connectivity index (χ0n) is 10.4. The van der Waals surface area contributed by atoms with E-state index in [1.807, 2.05) is 12.1 Å². The zero-order valence-corrected chi connectivity index (χ0v) is 12.8. The molecule has 1 aromatic carbocycles. The molecule has 2 aliphatic heterocycles. The van der Waals surface area contributed by atoms with Gasteiger partial charge in [-0.2, -0.15) is 0 Å². The van der Waals surface area contributed by atoms with Gasteiger partial charge in [-0.15, -0.1) is 0 Å². The van der Waals surface area contributed by atoms with E-state index in [4.69, 9.17) is 4.74 Å². The smallest absolute Gasteiger partial charge is 0.186 e. The van der Waals surface area contributed by atoms with Crippen LogP contribution in [0.5, 0.6) is 0 Å². The van der Waals surface area contributed by atoms with Gasteiger partial charge < -0.3 is 10.1 Å². The highest BCUT2D eigenvalue weighted by Gasteiger charge is 2.35. The van der Waals surface area contributed by atoms with Crippen LogP contribution in [-0.4, -0.2) is 33.4 Å². The van der Waals surface area contributed by atoms with Crippen molar-refractivity contribution in [2.75, 3.05) is 19.8 Å². The fourth-order valence-corrected chi connectivity index (χ4v) is 5.08. The van der Waals surface area contributed by atoms with Gasteiger partial charge in [0.05, 0.1) is 18.1 Å². The number of nitrogens with one attached hydrogen (secondary N) is 1. The van der Waals surface area contributed by atoms with Crippen molar-refractivity contribution in [2.45, 2.75) is 29.0 Å². The number of benzene rings is 1. The van der Waals surface area contributed by atoms with Crippen molar-refractivity contribution < 1.29 is 13.2 Å². The molecular formula is C13H16BrNO3S. The number of hydrogen-bond donors (Lipinski definition) is 1. The minimum atomic E-state index is -3.27. The Balaban J connectivity index is 1.91. The number of halogens is 1. The maximum atomic E-state index is 12.3. The van der Waals surface area contributed by atoms with Crippen molar-refractivity contribution in [1.29, 1.82) is 0 Å². The molecule has 0 spiro atoms. The molecule has 2 saturated heterocycles. The van der Waals surface area contributed by atoms with E-state index >= 15 is 0 Å². The summed E-state index contributed by atoms with van der Waals surface area (Å²) in [4.78, 5) is 0.377. The van der Waals surface area contributed by atoms with E-state index in [0.29, 0.717) is 28.6 Å². The van der Waals surface area contributed by atoms with E-state index in [-0.39, 0.29) is 5.25 Å². The molecule has 0 aliphatic carbocycles. The van der Waals surface area contributed by atoms with Crippen LogP contribution in [0.25, 0.3) is 0 Å². The first-order valence-corrected chi connectivity index (χ1v) is 8.77. The average Bonchev–Trinajstić information content (AvgIpc) is 2.78. The van der Waals surface area contributed by atoms with Crippen LogP contribution >= 0.6 is 15.9 Å². The zero-order chi connectivity index (χ0) is 13.5. The van der Waals surface area contributed by atoms with Crippen molar-refractivity contribution in [2.24, 2.45) is 0 Å². The molecule has 4 nitrogen and oxygen atoms in total. The lowest BCUT2D eigenvalue weighted by Crippen LogP contribution is -2.40. The van der Waals surface area contributed by atoms with Gasteiger partial charge in [-0.05, 0) is 53.0 Å². The maximum absolute atomic E-state index is 12.3. The molecule has 19 heavy (non-hydrogen) atoms. The fraction of sp³-hybridized carbons (Fsp3) is 0.538. The van der Waals surface area contributed by atoms with Gasteiger partial charge in [-0.25, -0.2) is 8.42 Å². The Bertz CT molecular complexity index is 578. The Morgan fingerprint density at radius 1 is 1.32 bits per heavy atom. The van der Waals surface area contributed by atoms with Gasteiger partial charge in [0, 0.05) is 10.5 Å². The molecule has 0 amide bonds. The van der Waals surface area contributed by atoms with Crippen LogP contribution in [0.4, 0.5) is 0 Å². The second-order valence-electron chi connectivity index (χ2n) is 5.04. The standard InChI is InChI=1S/C13H16BrNO3S/c14-11-6-9(12-2-1-5-15-12)3-4-13(11)19(16,17)10-7-18-8-10/h3-4,6,10,12,15H,1-2,5,7-8H2. The van der Waals surface area contributed by atoms with Crippen LogP contribution in [0, 0.1) is 0 Å². The van der Waals surface area contributed by atoms with Gasteiger partial charge >= 0.3 is 0 Å². The van der Waals surface area contributed by atoms with Crippen molar-refractivity contribution in [3.05, 3.63) is 28.2 Å². The number of sulfone groups is 1. The minimum absolute atomic E-state index is 0.306. The predicted octanol–water partition coefficient (Wildman–Crippen LogP) is 2.05. The molecule has 0 bridgehead atoms. The van der Waals surface area contributed by atoms with Crippen molar-refractivity contribution >= 4 is 25.8 Å². The summed E-state index contributed by atoms with van der Waals surface area (Å²) in [5, 5.41) is 3.02. The van der Waals surface area contributed by atoms with E-state index in [1.165, 1.54) is 6.42 Å². The Morgan fingerprint density at radius 2 is 2.11 bits per heavy atom. The Labute approximate surface area is 121 Å². The second-order valence-corrected chi connectivity index (χ2v) is 8.09. The van der Waals surface area contributed by atoms with Gasteiger partial charge in [0.2, 0.25) is 0 Å². The molecular weight excluding hydrogens is 330 g/mol. The average molecular weight is 346 g/mol. The number of rotatable bonds is 3. The highest BCUT2D eigenvalue weighted by Crippen LogP contribution is 2.32. The first-order valence-electron chi connectivity index (χ1n) is 6.43. The van der Waals surface area contributed by atoms with Crippen molar-refractivity contribution in [1.82, 2.24) is 5.32 Å². The second kappa shape index (κ2) is 5.16. The van der Waals surface area contributed by atoms with Crippen LogP contribution in [0.1, 0.15) is 24.4 Å². The molecule has 0 saturated carbocycles. The van der Waals surface area contributed by atoms with Crippen LogP contribution < -0.4 is 5.32 Å². The quantitative estimate of drug-likeness (QED) is 0.910. The normalized spacial score (nSPS) is 24.4. The summed E-state index contributed by atoms with van der Waals surface area (Å²) in [6, 6.07) is 5.91. The van der Waals surface area contributed by atoms with Gasteiger partial charge in [-0.3, -0.25) is 0 Å². The SMILES string of the molecule is O=S(=O)(c1ccc(C2CCCN2)cc1Br)C1COC1. The molecule has 1 aromatic rings. The highest BCUT2D eigenvalue weighted by atomic mass is 79.9. The van der Waals surface area contributed by atoms with Crippen LogP contribution in [-0.2, 0) is 14.6 Å². The molecule has 1 unspecified atom stereocenters. The molecule has 2 heterocycles. The summed E-state index contributed by atoms with van der Waals surface area (Å²) in [7, 11) is -3.27. The summed E-state index contributed by atoms with van der Waals surface area (Å²) < 4.78 is 30.3. The predicted molar refractivity (Wildman–Crippen MR) is 75.9 cm³/mol. The first-order chi connectivity index (χ1) is 9.09.